The molecule has 1 aromatic carbocycles. The van der Waals surface area contributed by atoms with Crippen molar-refractivity contribution in [3.05, 3.63) is 54.1 Å². The molecule has 1 rings (SSSR count). The van der Waals surface area contributed by atoms with E-state index in [1.807, 2.05) is 36.4 Å². The number of ether oxygens (including phenoxy) is 2. The Hall–Kier alpha value is -1.87. The van der Waals surface area contributed by atoms with Crippen LogP contribution in [0.3, 0.4) is 0 Å². The van der Waals surface area contributed by atoms with Gasteiger partial charge >= 0.3 is 0 Å². The van der Waals surface area contributed by atoms with Crippen molar-refractivity contribution in [2.45, 2.75) is 13.0 Å². The van der Waals surface area contributed by atoms with E-state index in [-0.39, 0.29) is 0 Å². The van der Waals surface area contributed by atoms with Crippen molar-refractivity contribution in [2.75, 3.05) is 13.7 Å². The van der Waals surface area contributed by atoms with Crippen LogP contribution in [0.4, 0.5) is 0 Å². The van der Waals surface area contributed by atoms with Gasteiger partial charge in [0, 0.05) is 0 Å². The normalized spacial score (nSPS) is 11.2. The Kier molecular flexibility index (Phi) is 7.25. The first-order chi connectivity index (χ1) is 8.86. The first-order valence-electron chi connectivity index (χ1n) is 5.84. The van der Waals surface area contributed by atoms with Crippen molar-refractivity contribution in [2.24, 2.45) is 0 Å². The molecule has 0 aliphatic heterocycles. The molecule has 0 aliphatic rings. The highest BCUT2D eigenvalue weighted by atomic mass is 16.5. The predicted molar refractivity (Wildman–Crippen MR) is 71.6 cm³/mol. The summed E-state index contributed by atoms with van der Waals surface area (Å²) in [4.78, 5) is 9.99. The fourth-order valence-corrected chi connectivity index (χ4v) is 1.35. The standard InChI is InChI=1S/C15H18O3/c1-17-15-9-7-14(8-10-15)13-18-12-6-4-2-3-5-11-16/h2-5,7-11H,6,12-13H2,1H3/b4-2+,5-3+. The number of hydrogen-bond acceptors (Lipinski definition) is 3. The summed E-state index contributed by atoms with van der Waals surface area (Å²) in [7, 11) is 1.65. The van der Waals surface area contributed by atoms with Gasteiger partial charge < -0.3 is 9.47 Å². The minimum atomic E-state index is 0.599. The van der Waals surface area contributed by atoms with Gasteiger partial charge in [0.1, 0.15) is 12.0 Å². The van der Waals surface area contributed by atoms with Gasteiger partial charge in [0.15, 0.2) is 0 Å². The highest BCUT2D eigenvalue weighted by Crippen LogP contribution is 2.11. The van der Waals surface area contributed by atoms with E-state index in [4.69, 9.17) is 9.47 Å². The minimum Gasteiger partial charge on any atom is -0.497 e. The third-order valence-corrected chi connectivity index (χ3v) is 2.29. The molecule has 3 heteroatoms. The Bertz CT molecular complexity index is 391. The van der Waals surface area contributed by atoms with Gasteiger partial charge in [-0.2, -0.15) is 0 Å². The lowest BCUT2D eigenvalue weighted by atomic mass is 10.2. The van der Waals surface area contributed by atoms with E-state index >= 15 is 0 Å². The van der Waals surface area contributed by atoms with Crippen LogP contribution in [-0.4, -0.2) is 20.0 Å². The molecule has 0 fully saturated rings. The number of hydrogen-bond donors (Lipinski definition) is 0. The van der Waals surface area contributed by atoms with Crippen LogP contribution in [0.25, 0.3) is 0 Å². The maximum Gasteiger partial charge on any atom is 0.142 e. The number of methoxy groups -OCH3 is 1. The van der Waals surface area contributed by atoms with E-state index in [1.165, 1.54) is 6.08 Å². The third-order valence-electron chi connectivity index (χ3n) is 2.29. The summed E-state index contributed by atoms with van der Waals surface area (Å²) in [5.41, 5.74) is 1.13. The maximum absolute atomic E-state index is 9.99. The van der Waals surface area contributed by atoms with Gasteiger partial charge in [-0.15, -0.1) is 0 Å². The van der Waals surface area contributed by atoms with Crippen LogP contribution in [0, 0.1) is 0 Å². The number of allylic oxidation sites excluding steroid dienone is 3. The molecule has 96 valence electrons. The van der Waals surface area contributed by atoms with Gasteiger partial charge in [-0.25, -0.2) is 0 Å². The molecule has 0 bridgehead atoms. The van der Waals surface area contributed by atoms with Gasteiger partial charge in [0.25, 0.3) is 0 Å². The Labute approximate surface area is 108 Å². The molecule has 0 radical (unpaired) electrons. The molecule has 0 unspecified atom stereocenters. The molecule has 3 nitrogen and oxygen atoms in total. The summed E-state index contributed by atoms with van der Waals surface area (Å²) >= 11 is 0. The molecule has 0 aliphatic carbocycles. The lowest BCUT2D eigenvalue weighted by Crippen LogP contribution is -1.94. The Morgan fingerprint density at radius 1 is 1.11 bits per heavy atom. The van der Waals surface area contributed by atoms with Crippen molar-refractivity contribution in [1.82, 2.24) is 0 Å². The molecule has 0 amide bonds. The molecule has 1 aromatic rings. The second-order valence-corrected chi connectivity index (χ2v) is 3.64. The van der Waals surface area contributed by atoms with Crippen LogP contribution in [0.5, 0.6) is 5.75 Å². The average molecular weight is 246 g/mol. The quantitative estimate of drug-likeness (QED) is 0.306. The molecule has 0 aromatic heterocycles. The summed E-state index contributed by atoms with van der Waals surface area (Å²) in [5, 5.41) is 0. The van der Waals surface area contributed by atoms with Crippen molar-refractivity contribution >= 4 is 6.29 Å². The van der Waals surface area contributed by atoms with E-state index in [2.05, 4.69) is 0 Å². The van der Waals surface area contributed by atoms with Crippen LogP contribution < -0.4 is 4.74 Å². The zero-order valence-corrected chi connectivity index (χ0v) is 10.5. The molecule has 0 atom stereocenters. The number of carbonyl (C=O) groups excluding carboxylic acids is 1. The van der Waals surface area contributed by atoms with E-state index in [0.29, 0.717) is 13.2 Å². The van der Waals surface area contributed by atoms with Crippen molar-refractivity contribution in [1.29, 1.82) is 0 Å². The predicted octanol–water partition coefficient (Wildman–Crippen LogP) is 2.91. The Morgan fingerprint density at radius 2 is 1.89 bits per heavy atom. The highest BCUT2D eigenvalue weighted by molar-refractivity contribution is 5.65. The molecular formula is C15H18O3. The van der Waals surface area contributed by atoms with Gasteiger partial charge in [0.2, 0.25) is 0 Å². The Morgan fingerprint density at radius 3 is 2.56 bits per heavy atom. The first kappa shape index (κ1) is 14.2. The van der Waals surface area contributed by atoms with Gasteiger partial charge in [-0.05, 0) is 30.2 Å². The monoisotopic (exact) mass is 246 g/mol. The lowest BCUT2D eigenvalue weighted by molar-refractivity contribution is -0.104. The van der Waals surface area contributed by atoms with Gasteiger partial charge in [-0.3, -0.25) is 4.79 Å². The van der Waals surface area contributed by atoms with Gasteiger partial charge in [-0.1, -0.05) is 30.4 Å². The summed E-state index contributed by atoms with van der Waals surface area (Å²) in [6.45, 7) is 1.26. The highest BCUT2D eigenvalue weighted by Gasteiger charge is 1.94. The first-order valence-corrected chi connectivity index (χ1v) is 5.84. The molecule has 18 heavy (non-hydrogen) atoms. The van der Waals surface area contributed by atoms with Crippen LogP contribution in [-0.2, 0) is 16.1 Å². The number of benzene rings is 1. The molecule has 0 saturated carbocycles. The van der Waals surface area contributed by atoms with E-state index in [1.54, 1.807) is 13.2 Å². The van der Waals surface area contributed by atoms with Crippen molar-refractivity contribution < 1.29 is 14.3 Å². The number of carbonyl (C=O) groups is 1. The fraction of sp³-hybridized carbons (Fsp3) is 0.267. The molecule has 0 spiro atoms. The summed E-state index contributed by atoms with van der Waals surface area (Å²) in [6, 6.07) is 7.81. The minimum absolute atomic E-state index is 0.599. The average Bonchev–Trinajstić information content (AvgIpc) is 2.42. The number of rotatable bonds is 8. The van der Waals surface area contributed by atoms with Gasteiger partial charge in [0.05, 0.1) is 20.3 Å². The van der Waals surface area contributed by atoms with Crippen LogP contribution >= 0.6 is 0 Å². The SMILES string of the molecule is COc1ccc(COCC/C=C/C=C/C=O)cc1. The van der Waals surface area contributed by atoms with E-state index in [9.17, 15) is 4.79 Å². The second-order valence-electron chi connectivity index (χ2n) is 3.64. The summed E-state index contributed by atoms with van der Waals surface area (Å²) in [5.74, 6) is 0.851. The van der Waals surface area contributed by atoms with Crippen LogP contribution in [0.2, 0.25) is 0 Å². The summed E-state index contributed by atoms with van der Waals surface area (Å²) in [6.07, 6.45) is 8.55. The topological polar surface area (TPSA) is 35.5 Å². The number of aldehydes is 1. The molecular weight excluding hydrogens is 228 g/mol. The zero-order chi connectivity index (χ0) is 13.1. The maximum atomic E-state index is 9.99. The van der Waals surface area contributed by atoms with E-state index < -0.39 is 0 Å². The molecule has 0 heterocycles. The Balaban J connectivity index is 2.15. The summed E-state index contributed by atoms with van der Waals surface area (Å²) < 4.78 is 10.6. The molecule has 0 saturated heterocycles. The molecule has 0 N–H and O–H groups in total. The third kappa shape index (κ3) is 6.01. The van der Waals surface area contributed by atoms with Crippen LogP contribution in [0.15, 0.2) is 48.6 Å². The largest absolute Gasteiger partial charge is 0.497 e. The van der Waals surface area contributed by atoms with E-state index in [0.717, 1.165) is 24.0 Å². The zero-order valence-electron chi connectivity index (χ0n) is 10.5. The second kappa shape index (κ2) is 9.19. The smallest absolute Gasteiger partial charge is 0.142 e. The van der Waals surface area contributed by atoms with Crippen LogP contribution in [0.1, 0.15) is 12.0 Å². The lowest BCUT2D eigenvalue weighted by Gasteiger charge is -2.04. The fourth-order valence-electron chi connectivity index (χ4n) is 1.35. The van der Waals surface area contributed by atoms with Crippen molar-refractivity contribution in [3.8, 4) is 5.75 Å². The van der Waals surface area contributed by atoms with Crippen molar-refractivity contribution in [3.63, 3.8) is 0 Å².